The first-order valence-corrected chi connectivity index (χ1v) is 7.18. The predicted molar refractivity (Wildman–Crippen MR) is 69.4 cm³/mol. The van der Waals surface area contributed by atoms with E-state index in [0.717, 1.165) is 12.0 Å². The summed E-state index contributed by atoms with van der Waals surface area (Å²) in [6, 6.07) is 1.23. The van der Waals surface area contributed by atoms with Gasteiger partial charge in [0.2, 0.25) is 0 Å². The van der Waals surface area contributed by atoms with Gasteiger partial charge < -0.3 is 5.73 Å². The number of hydrogen-bond donors (Lipinski definition) is 1. The molecule has 1 aliphatic heterocycles. The number of nitrogens with zero attached hydrogens (tertiary/aromatic N) is 1. The summed E-state index contributed by atoms with van der Waals surface area (Å²) in [5.74, 6) is 1.64. The molecular formula is C14H28N2. The molecule has 0 radical (unpaired) electrons. The molecule has 0 bridgehead atoms. The minimum Gasteiger partial charge on any atom is -0.328 e. The third-order valence-corrected chi connectivity index (χ3v) is 4.78. The molecule has 1 saturated carbocycles. The van der Waals surface area contributed by atoms with E-state index >= 15 is 0 Å². The lowest BCUT2D eigenvalue weighted by Crippen LogP contribution is -2.41. The van der Waals surface area contributed by atoms with Gasteiger partial charge >= 0.3 is 0 Å². The van der Waals surface area contributed by atoms with E-state index in [4.69, 9.17) is 5.73 Å². The maximum Gasteiger partial charge on any atom is 0.0124 e. The van der Waals surface area contributed by atoms with E-state index < -0.39 is 0 Å². The van der Waals surface area contributed by atoms with E-state index in [1.165, 1.54) is 51.6 Å². The molecule has 3 unspecified atom stereocenters. The summed E-state index contributed by atoms with van der Waals surface area (Å²) in [4.78, 5) is 2.74. The van der Waals surface area contributed by atoms with Crippen LogP contribution in [-0.4, -0.2) is 30.1 Å². The molecule has 1 saturated heterocycles. The van der Waals surface area contributed by atoms with Crippen LogP contribution in [0.15, 0.2) is 0 Å². The Kier molecular flexibility index (Phi) is 4.26. The minimum atomic E-state index is 0.338. The Morgan fingerprint density at radius 2 is 1.81 bits per heavy atom. The summed E-state index contributed by atoms with van der Waals surface area (Å²) in [6.45, 7) is 6.98. The summed E-state index contributed by atoms with van der Waals surface area (Å²) < 4.78 is 0. The zero-order chi connectivity index (χ0) is 11.5. The van der Waals surface area contributed by atoms with Crippen LogP contribution in [0.1, 0.15) is 52.4 Å². The maximum atomic E-state index is 5.99. The minimum absolute atomic E-state index is 0.338. The molecule has 3 atom stereocenters. The van der Waals surface area contributed by atoms with Crippen LogP contribution in [0.2, 0.25) is 0 Å². The molecule has 2 nitrogen and oxygen atoms in total. The molecule has 2 N–H and O–H groups in total. The highest BCUT2D eigenvalue weighted by molar-refractivity contribution is 4.88. The fourth-order valence-corrected chi connectivity index (χ4v) is 3.49. The van der Waals surface area contributed by atoms with Crippen LogP contribution < -0.4 is 5.73 Å². The SMILES string of the molecule is CC(N)C(C)CN1CCCC1C1CCCC1. The molecule has 2 aliphatic rings. The lowest BCUT2D eigenvalue weighted by atomic mass is 9.95. The molecular weight excluding hydrogens is 196 g/mol. The monoisotopic (exact) mass is 224 g/mol. The van der Waals surface area contributed by atoms with Crippen LogP contribution in [0, 0.1) is 11.8 Å². The summed E-state index contributed by atoms with van der Waals surface area (Å²) in [5, 5.41) is 0. The Labute approximate surface area is 101 Å². The van der Waals surface area contributed by atoms with Crippen LogP contribution in [0.5, 0.6) is 0 Å². The van der Waals surface area contributed by atoms with Gasteiger partial charge in [-0.2, -0.15) is 0 Å². The van der Waals surface area contributed by atoms with Gasteiger partial charge in [-0.1, -0.05) is 19.8 Å². The molecule has 0 aromatic rings. The number of nitrogens with two attached hydrogens (primary N) is 1. The number of hydrogen-bond acceptors (Lipinski definition) is 2. The van der Waals surface area contributed by atoms with Crippen molar-refractivity contribution in [3.05, 3.63) is 0 Å². The van der Waals surface area contributed by atoms with Crippen molar-refractivity contribution in [1.29, 1.82) is 0 Å². The Morgan fingerprint density at radius 3 is 2.44 bits per heavy atom. The molecule has 1 heterocycles. The summed E-state index contributed by atoms with van der Waals surface area (Å²) in [5.41, 5.74) is 5.99. The Balaban J connectivity index is 1.87. The lowest BCUT2D eigenvalue weighted by Gasteiger charge is -2.32. The summed E-state index contributed by atoms with van der Waals surface area (Å²) in [7, 11) is 0. The van der Waals surface area contributed by atoms with Gasteiger partial charge in [-0.25, -0.2) is 0 Å². The average molecular weight is 224 g/mol. The third-order valence-electron chi connectivity index (χ3n) is 4.78. The molecule has 2 fully saturated rings. The van der Waals surface area contributed by atoms with Gasteiger partial charge in [0.05, 0.1) is 0 Å². The Bertz CT molecular complexity index is 209. The second-order valence-corrected chi connectivity index (χ2v) is 6.09. The van der Waals surface area contributed by atoms with Crippen LogP contribution in [0.4, 0.5) is 0 Å². The summed E-state index contributed by atoms with van der Waals surface area (Å²) >= 11 is 0. The second-order valence-electron chi connectivity index (χ2n) is 6.09. The quantitative estimate of drug-likeness (QED) is 0.795. The van der Waals surface area contributed by atoms with E-state index in [-0.39, 0.29) is 0 Å². The van der Waals surface area contributed by atoms with Gasteiger partial charge in [0.1, 0.15) is 0 Å². The average Bonchev–Trinajstić information content (AvgIpc) is 2.85. The maximum absolute atomic E-state index is 5.99. The van der Waals surface area contributed by atoms with Gasteiger partial charge in [0.25, 0.3) is 0 Å². The van der Waals surface area contributed by atoms with E-state index in [0.29, 0.717) is 12.0 Å². The van der Waals surface area contributed by atoms with Crippen LogP contribution in [0.3, 0.4) is 0 Å². The van der Waals surface area contributed by atoms with Crippen molar-refractivity contribution >= 4 is 0 Å². The van der Waals surface area contributed by atoms with Crippen molar-refractivity contribution in [3.63, 3.8) is 0 Å². The highest BCUT2D eigenvalue weighted by atomic mass is 15.2. The van der Waals surface area contributed by atoms with Crippen molar-refractivity contribution in [2.75, 3.05) is 13.1 Å². The lowest BCUT2D eigenvalue weighted by molar-refractivity contribution is 0.162. The van der Waals surface area contributed by atoms with Crippen molar-refractivity contribution in [1.82, 2.24) is 4.90 Å². The smallest absolute Gasteiger partial charge is 0.0124 e. The molecule has 0 aromatic carbocycles. The first-order valence-electron chi connectivity index (χ1n) is 7.18. The van der Waals surface area contributed by atoms with E-state index in [1.807, 2.05) is 0 Å². The van der Waals surface area contributed by atoms with Crippen LogP contribution in [0.25, 0.3) is 0 Å². The fraction of sp³-hybridized carbons (Fsp3) is 1.00. The zero-order valence-electron chi connectivity index (χ0n) is 11.0. The van der Waals surface area contributed by atoms with E-state index in [2.05, 4.69) is 18.7 Å². The summed E-state index contributed by atoms with van der Waals surface area (Å²) in [6.07, 6.45) is 8.75. The Morgan fingerprint density at radius 1 is 1.12 bits per heavy atom. The molecule has 1 aliphatic carbocycles. The highest BCUT2D eigenvalue weighted by Crippen LogP contribution is 2.35. The van der Waals surface area contributed by atoms with Gasteiger partial charge in [-0.3, -0.25) is 4.90 Å². The predicted octanol–water partition coefficient (Wildman–Crippen LogP) is 2.62. The molecule has 16 heavy (non-hydrogen) atoms. The zero-order valence-corrected chi connectivity index (χ0v) is 11.0. The highest BCUT2D eigenvalue weighted by Gasteiger charge is 2.33. The molecule has 0 spiro atoms. The van der Waals surface area contributed by atoms with Crippen molar-refractivity contribution in [2.24, 2.45) is 17.6 Å². The number of rotatable bonds is 4. The molecule has 2 rings (SSSR count). The van der Waals surface area contributed by atoms with Gasteiger partial charge in [-0.15, -0.1) is 0 Å². The Hall–Kier alpha value is -0.0800. The van der Waals surface area contributed by atoms with Gasteiger partial charge in [0, 0.05) is 18.6 Å². The molecule has 0 amide bonds. The van der Waals surface area contributed by atoms with E-state index in [1.54, 1.807) is 0 Å². The van der Waals surface area contributed by atoms with Crippen molar-refractivity contribution in [3.8, 4) is 0 Å². The topological polar surface area (TPSA) is 29.3 Å². The van der Waals surface area contributed by atoms with Gasteiger partial charge in [-0.05, 0) is 51.0 Å². The largest absolute Gasteiger partial charge is 0.328 e. The first-order chi connectivity index (χ1) is 7.68. The second kappa shape index (κ2) is 5.50. The van der Waals surface area contributed by atoms with Crippen molar-refractivity contribution in [2.45, 2.75) is 64.5 Å². The standard InChI is InChI=1S/C14H28N2/c1-11(12(2)15)10-16-9-5-8-14(16)13-6-3-4-7-13/h11-14H,3-10,15H2,1-2H3. The first kappa shape index (κ1) is 12.4. The fourth-order valence-electron chi connectivity index (χ4n) is 3.49. The van der Waals surface area contributed by atoms with Crippen LogP contribution in [-0.2, 0) is 0 Å². The third kappa shape index (κ3) is 2.78. The van der Waals surface area contributed by atoms with Crippen molar-refractivity contribution < 1.29 is 0 Å². The van der Waals surface area contributed by atoms with Gasteiger partial charge in [0.15, 0.2) is 0 Å². The molecule has 2 heteroatoms. The van der Waals surface area contributed by atoms with E-state index in [9.17, 15) is 0 Å². The molecule has 0 aromatic heterocycles. The molecule has 94 valence electrons. The normalized spacial score (nSPS) is 32.1. The number of likely N-dealkylation sites (tertiary alicyclic amines) is 1. The van der Waals surface area contributed by atoms with Crippen LogP contribution >= 0.6 is 0 Å².